The van der Waals surface area contributed by atoms with E-state index in [1.165, 1.54) is 21.5 Å². The molecular formula is C54H58F4N12O5. The van der Waals surface area contributed by atoms with Crippen LogP contribution in [0.3, 0.4) is 0 Å². The number of ether oxygens (including phenoxy) is 2. The molecule has 2 unspecified atom stereocenters. The van der Waals surface area contributed by atoms with Gasteiger partial charge in [0.05, 0.1) is 34.9 Å². The molecule has 0 saturated carbocycles. The van der Waals surface area contributed by atoms with E-state index in [0.717, 1.165) is 53.0 Å². The SMILES string of the molecule is CC(=O)N1CCN(c2ncc(-c3ccc4c(=O)n(C)n(Cc5cc(C)ccc5OC(F)F)c4c3)cn2)CC1C.Cc1ccc(OC(F)F)c(Cn2c3cc(-c4cnc(N5CCNC(C)C5)nc4)ccc3c(=O)n2C)c1. The number of alkyl halides is 4. The minimum absolute atomic E-state index is 0.0633. The molecule has 75 heavy (non-hydrogen) atoms. The first-order chi connectivity index (χ1) is 35.9. The highest BCUT2D eigenvalue weighted by molar-refractivity contribution is 5.85. The summed E-state index contributed by atoms with van der Waals surface area (Å²) in [6.07, 6.45) is 7.06. The molecular weight excluding hydrogens is 973 g/mol. The number of carbonyl (C=O) groups is 1. The monoisotopic (exact) mass is 1030 g/mol. The van der Waals surface area contributed by atoms with Crippen molar-refractivity contribution >= 4 is 39.6 Å². The number of hydrogen-bond acceptors (Lipinski definition) is 12. The lowest BCUT2D eigenvalue weighted by molar-refractivity contribution is -0.131. The molecule has 2 fully saturated rings. The van der Waals surface area contributed by atoms with Crippen molar-refractivity contribution in [1.82, 2.24) is 48.9 Å². The normalized spacial score (nSPS) is 16.0. The molecule has 8 aromatic rings. The first kappa shape index (κ1) is 51.8. The fraction of sp³-hybridized carbons (Fsp3) is 0.352. The van der Waals surface area contributed by atoms with E-state index in [-0.39, 0.29) is 47.7 Å². The van der Waals surface area contributed by atoms with E-state index < -0.39 is 13.2 Å². The van der Waals surface area contributed by atoms with Crippen molar-refractivity contribution in [3.63, 3.8) is 0 Å². The van der Waals surface area contributed by atoms with Crippen LogP contribution >= 0.6 is 0 Å². The van der Waals surface area contributed by atoms with E-state index in [9.17, 15) is 31.9 Å². The van der Waals surface area contributed by atoms with Gasteiger partial charge in [-0.3, -0.25) is 33.1 Å². The molecule has 1 N–H and O–H groups in total. The summed E-state index contributed by atoms with van der Waals surface area (Å²) in [5.41, 5.74) is 7.16. The molecule has 0 bridgehead atoms. The molecule has 2 aliphatic rings. The molecule has 4 aromatic heterocycles. The molecule has 0 aliphatic carbocycles. The molecule has 17 nitrogen and oxygen atoms in total. The molecule has 21 heteroatoms. The number of nitrogens with zero attached hydrogens (tertiary/aromatic N) is 11. The number of fused-ring (bicyclic) bond motifs is 2. The van der Waals surface area contributed by atoms with Gasteiger partial charge in [0.2, 0.25) is 17.8 Å². The number of hydrogen-bond donors (Lipinski definition) is 1. The lowest BCUT2D eigenvalue weighted by Gasteiger charge is -2.39. The molecule has 1 amide bonds. The second-order valence-corrected chi connectivity index (χ2v) is 19.1. The molecule has 4 aromatic carbocycles. The van der Waals surface area contributed by atoms with Crippen LogP contribution in [0.5, 0.6) is 11.5 Å². The van der Waals surface area contributed by atoms with Gasteiger partial charge in [0.1, 0.15) is 11.5 Å². The van der Waals surface area contributed by atoms with Crippen LogP contribution in [0.25, 0.3) is 44.1 Å². The zero-order valence-corrected chi connectivity index (χ0v) is 42.7. The van der Waals surface area contributed by atoms with E-state index in [1.807, 2.05) is 49.9 Å². The summed E-state index contributed by atoms with van der Waals surface area (Å²) < 4.78 is 68.0. The van der Waals surface area contributed by atoms with Gasteiger partial charge in [0.25, 0.3) is 11.1 Å². The number of aromatic nitrogens is 8. The van der Waals surface area contributed by atoms with Gasteiger partial charge >= 0.3 is 13.2 Å². The minimum Gasteiger partial charge on any atom is -0.434 e. The van der Waals surface area contributed by atoms with Crippen molar-refractivity contribution in [2.45, 2.75) is 73.0 Å². The number of nitrogens with one attached hydrogen (secondary N) is 1. The Morgan fingerprint density at radius 3 is 1.49 bits per heavy atom. The Bertz CT molecular complexity index is 3490. The second kappa shape index (κ2) is 21.8. The predicted octanol–water partition coefficient (Wildman–Crippen LogP) is 7.37. The summed E-state index contributed by atoms with van der Waals surface area (Å²) in [4.78, 5) is 62.0. The minimum atomic E-state index is -2.95. The average Bonchev–Trinajstić information content (AvgIpc) is 3.77. The number of carbonyl (C=O) groups excluding carboxylic acids is 1. The fourth-order valence-corrected chi connectivity index (χ4v) is 9.88. The van der Waals surface area contributed by atoms with Gasteiger partial charge in [0, 0.05) is 119 Å². The highest BCUT2D eigenvalue weighted by atomic mass is 19.3. The Labute approximate surface area is 429 Å². The summed E-state index contributed by atoms with van der Waals surface area (Å²) in [5.74, 6) is 1.51. The number of piperazine rings is 2. The smallest absolute Gasteiger partial charge is 0.387 e. The first-order valence-electron chi connectivity index (χ1n) is 24.6. The zero-order chi connectivity index (χ0) is 53.2. The quantitative estimate of drug-likeness (QED) is 0.121. The van der Waals surface area contributed by atoms with Gasteiger partial charge in [0.15, 0.2) is 0 Å². The van der Waals surface area contributed by atoms with E-state index >= 15 is 0 Å². The Morgan fingerprint density at radius 1 is 0.627 bits per heavy atom. The van der Waals surface area contributed by atoms with Crippen LogP contribution in [0.2, 0.25) is 0 Å². The van der Waals surface area contributed by atoms with Crippen molar-refractivity contribution in [2.75, 3.05) is 49.1 Å². The third-order valence-electron chi connectivity index (χ3n) is 13.7. The summed E-state index contributed by atoms with van der Waals surface area (Å²) in [5, 5.41) is 4.46. The molecule has 10 rings (SSSR count). The molecule has 2 atom stereocenters. The Hall–Kier alpha value is -8.07. The van der Waals surface area contributed by atoms with Crippen molar-refractivity contribution in [2.24, 2.45) is 14.1 Å². The average molecular weight is 1030 g/mol. The van der Waals surface area contributed by atoms with Gasteiger partial charge in [-0.05, 0) is 75.2 Å². The number of benzene rings is 4. The van der Waals surface area contributed by atoms with Crippen molar-refractivity contribution in [3.05, 3.63) is 141 Å². The van der Waals surface area contributed by atoms with Gasteiger partial charge in [-0.2, -0.15) is 17.6 Å². The fourth-order valence-electron chi connectivity index (χ4n) is 9.88. The Morgan fingerprint density at radius 2 is 1.08 bits per heavy atom. The number of anilines is 2. The molecule has 2 aliphatic heterocycles. The standard InChI is InChI=1S/C28H30F2N6O3.C26H28F2N6O2/c1-17-5-8-25(39-27(29)30)21(11-17)16-36-24-12-20(6-7-23(24)26(38)33(36)4)22-13-31-28(32-14-22)34-9-10-35(19(3)37)18(2)15-34;1-16-4-7-23(36-25(27)28)19(10-16)15-34-22-11-18(5-6-21(22)24(35)32(34)3)20-12-30-26(31-13-20)33-9-8-29-17(2)14-33/h5-8,11-14,18,27H,9-10,15-16H2,1-4H3;4-7,10-13,17,25,29H,8-9,14-15H2,1-3H3. The lowest BCUT2D eigenvalue weighted by atomic mass is 10.1. The second-order valence-electron chi connectivity index (χ2n) is 19.1. The van der Waals surface area contributed by atoms with Crippen LogP contribution in [-0.2, 0) is 32.0 Å². The van der Waals surface area contributed by atoms with Gasteiger partial charge in [-0.15, -0.1) is 0 Å². The number of aryl methyl sites for hydroxylation is 2. The largest absolute Gasteiger partial charge is 0.434 e. The van der Waals surface area contributed by atoms with Crippen LogP contribution in [-0.4, -0.2) is 114 Å². The third-order valence-corrected chi connectivity index (χ3v) is 13.7. The molecule has 0 spiro atoms. The maximum Gasteiger partial charge on any atom is 0.387 e. The van der Waals surface area contributed by atoms with E-state index in [0.29, 0.717) is 70.5 Å². The number of halogens is 4. The van der Waals surface area contributed by atoms with Crippen molar-refractivity contribution in [3.8, 4) is 33.8 Å². The highest BCUT2D eigenvalue weighted by Crippen LogP contribution is 2.30. The zero-order valence-electron chi connectivity index (χ0n) is 42.7. The van der Waals surface area contributed by atoms with Crippen LogP contribution < -0.4 is 35.7 Å². The number of rotatable bonds is 12. The third kappa shape index (κ3) is 11.2. The summed E-state index contributed by atoms with van der Waals surface area (Å²) >= 11 is 0. The van der Waals surface area contributed by atoms with Crippen LogP contribution in [0, 0.1) is 13.8 Å². The maximum atomic E-state index is 13.0. The van der Waals surface area contributed by atoms with E-state index in [1.54, 1.807) is 91.6 Å². The molecule has 2 saturated heterocycles. The summed E-state index contributed by atoms with van der Waals surface area (Å²) in [7, 11) is 3.31. The van der Waals surface area contributed by atoms with Gasteiger partial charge in [-0.1, -0.05) is 47.5 Å². The predicted molar refractivity (Wildman–Crippen MR) is 279 cm³/mol. The number of amides is 1. The molecule has 6 heterocycles. The van der Waals surface area contributed by atoms with Gasteiger partial charge in [-0.25, -0.2) is 19.9 Å². The summed E-state index contributed by atoms with van der Waals surface area (Å²) in [6, 6.07) is 21.5. The highest BCUT2D eigenvalue weighted by Gasteiger charge is 2.27. The van der Waals surface area contributed by atoms with Crippen LogP contribution in [0.15, 0.2) is 107 Å². The lowest BCUT2D eigenvalue weighted by Crippen LogP contribution is -2.53. The van der Waals surface area contributed by atoms with E-state index in [2.05, 4.69) is 42.0 Å². The van der Waals surface area contributed by atoms with Crippen LogP contribution in [0.4, 0.5) is 29.5 Å². The van der Waals surface area contributed by atoms with E-state index in [4.69, 9.17) is 9.47 Å². The van der Waals surface area contributed by atoms with Gasteiger partial charge < -0.3 is 29.5 Å². The maximum absolute atomic E-state index is 13.0. The first-order valence-corrected chi connectivity index (χ1v) is 24.6. The summed E-state index contributed by atoms with van der Waals surface area (Å²) in [6.45, 7) is 8.46. The van der Waals surface area contributed by atoms with Crippen LogP contribution in [0.1, 0.15) is 43.0 Å². The topological polar surface area (TPSA) is 163 Å². The molecule has 392 valence electrons. The Balaban J connectivity index is 0.000000184. The van der Waals surface area contributed by atoms with Crippen molar-refractivity contribution < 1.29 is 31.8 Å². The van der Waals surface area contributed by atoms with Crippen molar-refractivity contribution in [1.29, 1.82) is 0 Å². The Kier molecular flexibility index (Phi) is 15.1. The molecule has 0 radical (unpaired) electrons.